The van der Waals surface area contributed by atoms with Crippen molar-refractivity contribution >= 4 is 5.97 Å². The van der Waals surface area contributed by atoms with E-state index >= 15 is 0 Å². The van der Waals surface area contributed by atoms with Crippen LogP contribution in [0.2, 0.25) is 0 Å². The Bertz CT molecular complexity index is 671. The fourth-order valence-corrected chi connectivity index (χ4v) is 7.00. The van der Waals surface area contributed by atoms with Gasteiger partial charge < -0.3 is 4.74 Å². The molecule has 0 saturated heterocycles. The summed E-state index contributed by atoms with van der Waals surface area (Å²) in [5.41, 5.74) is 10.7. The summed E-state index contributed by atoms with van der Waals surface area (Å²) in [6.45, 7) is 14.1. The highest BCUT2D eigenvalue weighted by Crippen LogP contribution is 2.63. The van der Waals surface area contributed by atoms with Crippen LogP contribution in [0.3, 0.4) is 0 Å². The smallest absolute Gasteiger partial charge is 0.302 e. The van der Waals surface area contributed by atoms with E-state index in [0.29, 0.717) is 42.7 Å². The number of azide groups is 1. The molecule has 0 amide bonds. The van der Waals surface area contributed by atoms with Gasteiger partial charge in [-0.15, -0.1) is 0 Å². The Labute approximate surface area is 169 Å². The van der Waals surface area contributed by atoms with Crippen LogP contribution in [0.1, 0.15) is 72.6 Å². The summed E-state index contributed by atoms with van der Waals surface area (Å²) in [5, 5.41) is 4.07. The molecule has 28 heavy (non-hydrogen) atoms. The number of esters is 1. The van der Waals surface area contributed by atoms with Crippen LogP contribution in [-0.4, -0.2) is 19.1 Å². The van der Waals surface area contributed by atoms with Crippen LogP contribution in [0.5, 0.6) is 0 Å². The van der Waals surface area contributed by atoms with Crippen LogP contribution in [0.15, 0.2) is 17.3 Å². The van der Waals surface area contributed by atoms with Gasteiger partial charge in [-0.1, -0.05) is 44.5 Å². The van der Waals surface area contributed by atoms with E-state index in [2.05, 4.69) is 37.4 Å². The zero-order valence-corrected chi connectivity index (χ0v) is 18.1. The molecule has 156 valence electrons. The summed E-state index contributed by atoms with van der Waals surface area (Å²) in [5.74, 6) is 2.32. The van der Waals surface area contributed by atoms with Crippen LogP contribution >= 0.6 is 0 Å². The minimum Gasteiger partial charge on any atom is -0.466 e. The molecule has 0 aliphatic heterocycles. The Kier molecular flexibility index (Phi) is 6.14. The fourth-order valence-electron chi connectivity index (χ4n) is 7.00. The second-order valence-electron chi connectivity index (χ2n) is 10.3. The number of ether oxygens (including phenoxy) is 1. The maximum absolute atomic E-state index is 11.5. The van der Waals surface area contributed by atoms with E-state index in [4.69, 9.17) is 10.3 Å². The van der Waals surface area contributed by atoms with Crippen LogP contribution < -0.4 is 0 Å². The van der Waals surface area contributed by atoms with E-state index in [1.807, 2.05) is 0 Å². The molecule has 0 bridgehead atoms. The maximum atomic E-state index is 11.5. The lowest BCUT2D eigenvalue weighted by atomic mass is 9.49. The largest absolute Gasteiger partial charge is 0.466 e. The second kappa shape index (κ2) is 8.10. The molecule has 3 rings (SSSR count). The van der Waals surface area contributed by atoms with E-state index in [1.54, 1.807) is 0 Å². The molecule has 0 aromatic heterocycles. The van der Waals surface area contributed by atoms with E-state index in [1.165, 1.54) is 38.2 Å². The van der Waals surface area contributed by atoms with Crippen LogP contribution in [-0.2, 0) is 9.53 Å². The predicted molar refractivity (Wildman–Crippen MR) is 111 cm³/mol. The molecule has 3 fully saturated rings. The van der Waals surface area contributed by atoms with Gasteiger partial charge in [-0.25, -0.2) is 0 Å². The van der Waals surface area contributed by atoms with Crippen LogP contribution in [0.25, 0.3) is 10.4 Å². The standard InChI is InChI=1S/C23H37N3O2/c1-15-8-10-23(5,18(12-15)14-28-17(3)27)21-9-11-22(4)16(2)6-7-20(22)19(21)13-25-26-24/h15,18-21H,2,6-14H2,1,3-5H3/t15-,18+,19-,20-,21-,22+,23-/m0/s1. The third kappa shape index (κ3) is 3.70. The zero-order chi connectivity index (χ0) is 20.5. The third-order valence-corrected chi connectivity index (χ3v) is 8.88. The summed E-state index contributed by atoms with van der Waals surface area (Å²) in [6, 6.07) is 0. The van der Waals surface area contributed by atoms with Crippen molar-refractivity contribution in [2.75, 3.05) is 13.2 Å². The number of hydrogen-bond acceptors (Lipinski definition) is 3. The van der Waals surface area contributed by atoms with Crippen molar-refractivity contribution < 1.29 is 9.53 Å². The molecule has 0 aromatic carbocycles. The van der Waals surface area contributed by atoms with Gasteiger partial charge in [-0.05, 0) is 84.5 Å². The van der Waals surface area contributed by atoms with Crippen molar-refractivity contribution in [1.82, 2.24) is 0 Å². The first-order chi connectivity index (χ1) is 13.2. The SMILES string of the molecule is C=C1CC[C@H]2[C@H](CN=[N+]=[N-])[C@@H]([C@@]3(C)CC[C@H](C)C[C@@H]3COC(C)=O)CC[C@]12C. The maximum Gasteiger partial charge on any atom is 0.302 e. The Morgan fingerprint density at radius 2 is 2.04 bits per heavy atom. The van der Waals surface area contributed by atoms with E-state index in [9.17, 15) is 4.79 Å². The van der Waals surface area contributed by atoms with E-state index < -0.39 is 0 Å². The number of carbonyl (C=O) groups excluding carboxylic acids is 1. The molecule has 0 aromatic rings. The first kappa shape index (κ1) is 21.2. The molecular formula is C23H37N3O2. The minimum absolute atomic E-state index is 0.128. The van der Waals surface area contributed by atoms with Gasteiger partial charge in [0, 0.05) is 18.4 Å². The van der Waals surface area contributed by atoms with Gasteiger partial charge in [0.15, 0.2) is 0 Å². The van der Waals surface area contributed by atoms with E-state index in [-0.39, 0.29) is 16.8 Å². The zero-order valence-electron chi connectivity index (χ0n) is 18.1. The lowest BCUT2D eigenvalue weighted by Crippen LogP contribution is -2.51. The summed E-state index contributed by atoms with van der Waals surface area (Å²) in [4.78, 5) is 14.6. The lowest BCUT2D eigenvalue weighted by molar-refractivity contribution is -0.148. The molecule has 0 N–H and O–H groups in total. The lowest BCUT2D eigenvalue weighted by Gasteiger charge is -2.56. The van der Waals surface area contributed by atoms with E-state index in [0.717, 1.165) is 19.3 Å². The topological polar surface area (TPSA) is 75.1 Å². The molecular weight excluding hydrogens is 350 g/mol. The van der Waals surface area contributed by atoms with Crippen molar-refractivity contribution in [3.05, 3.63) is 22.6 Å². The Morgan fingerprint density at radius 3 is 2.71 bits per heavy atom. The van der Waals surface area contributed by atoms with Gasteiger partial charge in [0.25, 0.3) is 0 Å². The minimum atomic E-state index is -0.186. The number of allylic oxidation sites excluding steroid dienone is 1. The van der Waals surface area contributed by atoms with Crippen molar-refractivity contribution in [2.24, 2.45) is 45.5 Å². The van der Waals surface area contributed by atoms with Gasteiger partial charge in [-0.2, -0.15) is 0 Å². The molecule has 0 heterocycles. The van der Waals surface area contributed by atoms with Gasteiger partial charge >= 0.3 is 5.97 Å². The summed E-state index contributed by atoms with van der Waals surface area (Å²) in [7, 11) is 0. The second-order valence-corrected chi connectivity index (χ2v) is 10.3. The molecule has 0 radical (unpaired) electrons. The number of carbonyl (C=O) groups is 1. The first-order valence-corrected chi connectivity index (χ1v) is 11.0. The summed E-state index contributed by atoms with van der Waals surface area (Å²) >= 11 is 0. The molecule has 5 heteroatoms. The van der Waals surface area contributed by atoms with Crippen molar-refractivity contribution in [1.29, 1.82) is 0 Å². The molecule has 7 atom stereocenters. The Hall–Kier alpha value is -1.48. The first-order valence-electron chi connectivity index (χ1n) is 11.0. The number of rotatable bonds is 5. The van der Waals surface area contributed by atoms with Gasteiger partial charge in [0.05, 0.1) is 6.61 Å². The number of hydrogen-bond donors (Lipinski definition) is 0. The highest BCUT2D eigenvalue weighted by Gasteiger charge is 2.56. The summed E-state index contributed by atoms with van der Waals surface area (Å²) in [6.07, 6.45) is 8.11. The molecule has 3 aliphatic rings. The molecule has 0 spiro atoms. The predicted octanol–water partition coefficient (Wildman–Crippen LogP) is 6.30. The Morgan fingerprint density at radius 1 is 1.29 bits per heavy atom. The van der Waals surface area contributed by atoms with Gasteiger partial charge in [-0.3, -0.25) is 4.79 Å². The number of nitrogens with zero attached hydrogens (tertiary/aromatic N) is 3. The average Bonchev–Trinajstić information content (AvgIpc) is 2.95. The van der Waals surface area contributed by atoms with Crippen molar-refractivity contribution in [3.8, 4) is 0 Å². The quantitative estimate of drug-likeness (QED) is 0.182. The normalized spacial score (nSPS) is 43.1. The molecule has 3 saturated carbocycles. The summed E-state index contributed by atoms with van der Waals surface area (Å²) < 4.78 is 5.52. The third-order valence-electron chi connectivity index (χ3n) is 8.88. The fraction of sp³-hybridized carbons (Fsp3) is 0.870. The monoisotopic (exact) mass is 387 g/mol. The Balaban J connectivity index is 1.92. The highest BCUT2D eigenvalue weighted by molar-refractivity contribution is 5.65. The molecule has 5 nitrogen and oxygen atoms in total. The van der Waals surface area contributed by atoms with Gasteiger partial charge in [0.2, 0.25) is 0 Å². The van der Waals surface area contributed by atoms with Gasteiger partial charge in [0.1, 0.15) is 0 Å². The average molecular weight is 388 g/mol. The van der Waals surface area contributed by atoms with Crippen LogP contribution in [0, 0.1) is 40.4 Å². The molecule has 3 aliphatic carbocycles. The highest BCUT2D eigenvalue weighted by atomic mass is 16.5. The number of fused-ring (bicyclic) bond motifs is 1. The van der Waals surface area contributed by atoms with Crippen molar-refractivity contribution in [3.63, 3.8) is 0 Å². The van der Waals surface area contributed by atoms with Crippen molar-refractivity contribution in [2.45, 2.75) is 72.6 Å². The van der Waals surface area contributed by atoms with Crippen LogP contribution in [0.4, 0.5) is 0 Å². The molecule has 0 unspecified atom stereocenters.